The molecule has 2 atom stereocenters. The van der Waals surface area contributed by atoms with E-state index in [0.717, 1.165) is 5.56 Å². The average Bonchev–Trinajstić information content (AvgIpc) is 3.16. The Morgan fingerprint density at radius 3 is 2.63 bits per heavy atom. The number of amides is 1. The second-order valence-electron chi connectivity index (χ2n) is 7.32. The highest BCUT2D eigenvalue weighted by molar-refractivity contribution is 6.38. The Morgan fingerprint density at radius 1 is 1.27 bits per heavy atom. The van der Waals surface area contributed by atoms with Gasteiger partial charge in [0, 0.05) is 19.6 Å². The van der Waals surface area contributed by atoms with E-state index in [2.05, 4.69) is 15.5 Å². The number of nitrogens with zero attached hydrogens (tertiary/aromatic N) is 3. The van der Waals surface area contributed by atoms with Crippen molar-refractivity contribution in [2.75, 3.05) is 18.0 Å². The van der Waals surface area contributed by atoms with Gasteiger partial charge in [-0.2, -0.15) is 0 Å². The van der Waals surface area contributed by atoms with Crippen LogP contribution in [0.2, 0.25) is 5.02 Å². The molecule has 0 spiro atoms. The van der Waals surface area contributed by atoms with Gasteiger partial charge in [0.1, 0.15) is 16.2 Å². The van der Waals surface area contributed by atoms with Gasteiger partial charge in [-0.15, -0.1) is 0 Å². The summed E-state index contributed by atoms with van der Waals surface area (Å²) in [6, 6.07) is 9.48. The number of aromatic nitrogens is 2. The Morgan fingerprint density at radius 2 is 1.97 bits per heavy atom. The largest absolute Gasteiger partial charge is 0.372 e. The molecule has 0 aliphatic carbocycles. The van der Waals surface area contributed by atoms with Crippen molar-refractivity contribution >= 4 is 40.6 Å². The third-order valence-corrected chi connectivity index (χ3v) is 5.26. The number of ether oxygens (including phenoxy) is 1. The van der Waals surface area contributed by atoms with Crippen LogP contribution in [0.3, 0.4) is 0 Å². The van der Waals surface area contributed by atoms with Crippen molar-refractivity contribution < 1.29 is 18.8 Å². The zero-order valence-electron chi connectivity index (χ0n) is 16.6. The number of hydrogen-bond acceptors (Lipinski definition) is 7. The van der Waals surface area contributed by atoms with Crippen LogP contribution < -0.4 is 10.2 Å². The number of pyridine rings is 1. The van der Waals surface area contributed by atoms with Gasteiger partial charge in [-0.25, -0.2) is 4.98 Å². The molecule has 8 nitrogen and oxygen atoms in total. The molecule has 1 aliphatic heterocycles. The van der Waals surface area contributed by atoms with Crippen molar-refractivity contribution in [1.29, 1.82) is 0 Å². The lowest BCUT2D eigenvalue weighted by Gasteiger charge is -2.37. The van der Waals surface area contributed by atoms with Crippen molar-refractivity contribution in [3.8, 4) is 0 Å². The molecule has 1 fully saturated rings. The topological polar surface area (TPSA) is 97.6 Å². The third kappa shape index (κ3) is 3.88. The van der Waals surface area contributed by atoms with Gasteiger partial charge in [-0.1, -0.05) is 47.1 Å². The zero-order chi connectivity index (χ0) is 21.3. The van der Waals surface area contributed by atoms with Crippen molar-refractivity contribution in [1.82, 2.24) is 15.5 Å². The summed E-state index contributed by atoms with van der Waals surface area (Å²) in [7, 11) is 0. The van der Waals surface area contributed by atoms with E-state index in [-0.39, 0.29) is 39.7 Å². The molecule has 9 heteroatoms. The summed E-state index contributed by atoms with van der Waals surface area (Å²) in [5.41, 5.74) is 1.86. The summed E-state index contributed by atoms with van der Waals surface area (Å²) in [6.45, 7) is 5.33. The molecule has 1 aromatic carbocycles. The van der Waals surface area contributed by atoms with Crippen LogP contribution in [0.1, 0.15) is 40.4 Å². The predicted octanol–water partition coefficient (Wildman–Crippen LogP) is 3.23. The maximum Gasteiger partial charge on any atom is 0.276 e. The number of fused-ring (bicyclic) bond motifs is 1. The van der Waals surface area contributed by atoms with Crippen LogP contribution in [0.15, 0.2) is 34.9 Å². The Kier molecular flexibility index (Phi) is 5.69. The number of carbonyl (C=O) groups is 2. The number of nitrogens with one attached hydrogen (secondary N) is 1. The minimum Gasteiger partial charge on any atom is -0.372 e. The molecular weight excluding hydrogens is 408 g/mol. The Hall–Kier alpha value is -2.97. The quantitative estimate of drug-likeness (QED) is 0.623. The van der Waals surface area contributed by atoms with Gasteiger partial charge < -0.3 is 19.5 Å². The van der Waals surface area contributed by atoms with Gasteiger partial charge in [-0.3, -0.25) is 9.59 Å². The lowest BCUT2D eigenvalue weighted by Crippen LogP contribution is -2.46. The van der Waals surface area contributed by atoms with Gasteiger partial charge in [0.2, 0.25) is 5.58 Å². The van der Waals surface area contributed by atoms with Gasteiger partial charge in [0.25, 0.3) is 5.91 Å². The summed E-state index contributed by atoms with van der Waals surface area (Å²) < 4.78 is 11.1. The molecule has 3 aromatic rings. The Balaban J connectivity index is 1.67. The third-order valence-electron chi connectivity index (χ3n) is 4.91. The molecular formula is C21H21ClN4O4. The fourth-order valence-corrected chi connectivity index (χ4v) is 4.02. The molecule has 3 heterocycles. The van der Waals surface area contributed by atoms with Crippen molar-refractivity contribution in [2.24, 2.45) is 0 Å². The van der Waals surface area contributed by atoms with Crippen LogP contribution >= 0.6 is 11.6 Å². The highest BCUT2D eigenvalue weighted by Gasteiger charge is 2.30. The number of morpholine rings is 1. The van der Waals surface area contributed by atoms with E-state index < -0.39 is 5.91 Å². The smallest absolute Gasteiger partial charge is 0.276 e. The van der Waals surface area contributed by atoms with Crippen LogP contribution in [0.4, 0.5) is 5.69 Å². The molecule has 156 valence electrons. The molecule has 1 amide bonds. The van der Waals surface area contributed by atoms with Crippen LogP contribution in [0.25, 0.3) is 11.1 Å². The molecule has 2 aromatic heterocycles. The summed E-state index contributed by atoms with van der Waals surface area (Å²) in [5, 5.41) is 6.85. The Labute approximate surface area is 178 Å². The number of rotatable bonds is 5. The minimum atomic E-state index is -0.459. The van der Waals surface area contributed by atoms with E-state index >= 15 is 0 Å². The molecule has 0 saturated carbocycles. The van der Waals surface area contributed by atoms with Crippen LogP contribution in [0, 0.1) is 0 Å². The molecule has 1 saturated heterocycles. The molecule has 30 heavy (non-hydrogen) atoms. The monoisotopic (exact) mass is 428 g/mol. The van der Waals surface area contributed by atoms with E-state index in [4.69, 9.17) is 20.9 Å². The lowest BCUT2D eigenvalue weighted by atomic mass is 10.1. The van der Waals surface area contributed by atoms with E-state index in [1.807, 2.05) is 49.1 Å². The van der Waals surface area contributed by atoms with Gasteiger partial charge >= 0.3 is 0 Å². The molecule has 4 rings (SSSR count). The standard InChI is InChI=1S/C21H21ClN4O4/c1-12-9-26(10-13(2)29-12)19-15(11-27)24-17-18(25-30-20(17)16(19)22)21(28)23-8-14-6-4-3-5-7-14/h3-7,11-13H,8-10H2,1-2H3,(H,23,28). The maximum absolute atomic E-state index is 12.6. The number of benzene rings is 1. The fraction of sp³-hybridized carbons (Fsp3) is 0.333. The molecule has 0 radical (unpaired) electrons. The SMILES string of the molecule is CC1CN(c2c(C=O)nc3c(C(=O)NCc4ccccc4)noc3c2Cl)CC(C)O1. The average molecular weight is 429 g/mol. The second-order valence-corrected chi connectivity index (χ2v) is 7.69. The molecule has 1 aliphatic rings. The normalized spacial score (nSPS) is 19.1. The summed E-state index contributed by atoms with van der Waals surface area (Å²) in [5.74, 6) is -0.459. The minimum absolute atomic E-state index is 0.0128. The first-order chi connectivity index (χ1) is 14.5. The zero-order valence-corrected chi connectivity index (χ0v) is 17.3. The second kappa shape index (κ2) is 8.41. The van der Waals surface area contributed by atoms with E-state index in [0.29, 0.717) is 31.6 Å². The molecule has 0 bridgehead atoms. The number of halogens is 1. The first-order valence-corrected chi connectivity index (χ1v) is 10.0. The van der Waals surface area contributed by atoms with Gasteiger partial charge in [-0.05, 0) is 19.4 Å². The molecule has 1 N–H and O–H groups in total. The van der Waals surface area contributed by atoms with Crippen LogP contribution in [0.5, 0.6) is 0 Å². The van der Waals surface area contributed by atoms with Crippen molar-refractivity contribution in [3.63, 3.8) is 0 Å². The van der Waals surface area contributed by atoms with Gasteiger partial charge in [0.15, 0.2) is 12.0 Å². The predicted molar refractivity (Wildman–Crippen MR) is 112 cm³/mol. The highest BCUT2D eigenvalue weighted by Crippen LogP contribution is 2.37. The first kappa shape index (κ1) is 20.3. The van der Waals surface area contributed by atoms with Crippen LogP contribution in [-0.4, -0.2) is 47.6 Å². The molecule has 2 unspecified atom stereocenters. The fourth-order valence-electron chi connectivity index (χ4n) is 3.68. The maximum atomic E-state index is 12.6. The van der Waals surface area contributed by atoms with E-state index in [1.54, 1.807) is 0 Å². The Bertz CT molecular complexity index is 1080. The number of carbonyl (C=O) groups excluding carboxylic acids is 2. The number of anilines is 1. The number of aldehydes is 1. The number of hydrogen-bond donors (Lipinski definition) is 1. The van der Waals surface area contributed by atoms with Crippen LogP contribution in [-0.2, 0) is 11.3 Å². The van der Waals surface area contributed by atoms with E-state index in [9.17, 15) is 9.59 Å². The first-order valence-electron chi connectivity index (χ1n) is 9.64. The lowest BCUT2D eigenvalue weighted by molar-refractivity contribution is -0.00526. The van der Waals surface area contributed by atoms with Gasteiger partial charge in [0.05, 0.1) is 17.9 Å². The van der Waals surface area contributed by atoms with E-state index in [1.165, 1.54) is 0 Å². The van der Waals surface area contributed by atoms with Crippen molar-refractivity contribution in [2.45, 2.75) is 32.6 Å². The summed E-state index contributed by atoms with van der Waals surface area (Å²) in [6.07, 6.45) is 0.563. The summed E-state index contributed by atoms with van der Waals surface area (Å²) >= 11 is 6.60. The van der Waals surface area contributed by atoms with Crippen molar-refractivity contribution in [3.05, 3.63) is 52.3 Å². The summed E-state index contributed by atoms with van der Waals surface area (Å²) in [4.78, 5) is 30.8. The highest BCUT2D eigenvalue weighted by atomic mass is 35.5.